The van der Waals surface area contributed by atoms with E-state index in [1.807, 2.05) is 0 Å². The van der Waals surface area contributed by atoms with Crippen LogP contribution in [0.5, 0.6) is 0 Å². The van der Waals surface area contributed by atoms with Crippen LogP contribution in [0.2, 0.25) is 0 Å². The summed E-state index contributed by atoms with van der Waals surface area (Å²) in [7, 11) is 0. The molecule has 0 aliphatic carbocycles. The topological polar surface area (TPSA) is 123 Å². The third-order valence-electron chi connectivity index (χ3n) is 0. The Morgan fingerprint density at radius 1 is 0.714 bits per heavy atom. The fourth-order valence-corrected chi connectivity index (χ4v) is 0. The molecule has 4 nitrogen and oxygen atoms in total. The minimum absolute atomic E-state index is 0. The second-order valence-corrected chi connectivity index (χ2v) is 0. The summed E-state index contributed by atoms with van der Waals surface area (Å²) in [5.41, 5.74) is 0. The first-order valence-corrected chi connectivity index (χ1v) is 0. The van der Waals surface area contributed by atoms with Gasteiger partial charge < -0.3 is 21.9 Å². The molecule has 0 spiro atoms. The molecule has 0 amide bonds. The predicted molar refractivity (Wildman–Crippen MR) is 11.1 cm³/mol. The van der Waals surface area contributed by atoms with Crippen LogP contribution in [0.1, 0.15) is 0 Å². The Labute approximate surface area is 108 Å². The molecule has 0 aromatic carbocycles. The van der Waals surface area contributed by atoms with Crippen molar-refractivity contribution in [2.24, 2.45) is 0 Å². The third-order valence-corrected chi connectivity index (χ3v) is 0. The van der Waals surface area contributed by atoms with Crippen LogP contribution < -0.4 is 51.4 Å². The van der Waals surface area contributed by atoms with Gasteiger partial charge in [-0.25, -0.2) is 0 Å². The van der Waals surface area contributed by atoms with Crippen LogP contribution in [0, 0.1) is 0 Å². The van der Waals surface area contributed by atoms with Gasteiger partial charge in [0.25, 0.3) is 0 Å². The summed E-state index contributed by atoms with van der Waals surface area (Å²) < 4.78 is 0. The molecule has 0 aliphatic heterocycles. The van der Waals surface area contributed by atoms with Crippen LogP contribution in [0.4, 0.5) is 0 Å². The van der Waals surface area contributed by atoms with Gasteiger partial charge in [0.15, 0.2) is 0 Å². The van der Waals surface area contributed by atoms with Crippen LogP contribution in [0.3, 0.4) is 0 Å². The third kappa shape index (κ3) is 54.8. The van der Waals surface area contributed by atoms with E-state index >= 15 is 0 Å². The van der Waals surface area contributed by atoms with Crippen LogP contribution >= 0.6 is 0 Å². The molecule has 7 heavy (non-hydrogen) atoms. The monoisotopic (exact) mass is 225 g/mol. The molecule has 0 aliphatic rings. The second kappa shape index (κ2) is 72.6. The zero-order valence-electron chi connectivity index (χ0n) is 4.01. The van der Waals surface area contributed by atoms with Crippen molar-refractivity contribution in [1.29, 1.82) is 0 Å². The minimum Gasteiger partial charge on any atom is -0.870 e. The summed E-state index contributed by atoms with van der Waals surface area (Å²) in [5, 5.41) is 0. The van der Waals surface area contributed by atoms with Gasteiger partial charge in [0, 0.05) is 17.4 Å². The maximum Gasteiger partial charge on any atom is 2.00 e. The van der Waals surface area contributed by atoms with E-state index in [0.29, 0.717) is 0 Å². The molecule has 0 fully saturated rings. The van der Waals surface area contributed by atoms with Gasteiger partial charge in [-0.2, -0.15) is 0 Å². The molecule has 0 bridgehead atoms. The Balaban J connectivity index is 0. The van der Waals surface area contributed by atoms with E-state index in [0.717, 1.165) is 0 Å². The van der Waals surface area contributed by atoms with E-state index in [1.165, 1.54) is 0 Å². The van der Waals surface area contributed by atoms with Crippen molar-refractivity contribution < 1.29 is 110 Å². The van der Waals surface area contributed by atoms with Crippen molar-refractivity contribution in [2.75, 3.05) is 0 Å². The molecule has 0 unspecified atom stereocenters. The van der Waals surface area contributed by atoms with Crippen LogP contribution in [0.15, 0.2) is 0 Å². The normalized spacial score (nSPS) is 0. The fourth-order valence-electron chi connectivity index (χ4n) is 0. The van der Waals surface area contributed by atoms with Crippen molar-refractivity contribution in [3.63, 3.8) is 0 Å². The van der Waals surface area contributed by atoms with Gasteiger partial charge >= 0.3 is 70.9 Å². The second-order valence-electron chi connectivity index (χ2n) is 0. The first kappa shape index (κ1) is 104. The van der Waals surface area contributed by atoms with Crippen molar-refractivity contribution in [3.8, 4) is 0 Å². The van der Waals surface area contributed by atoms with Crippen molar-refractivity contribution in [1.82, 2.24) is 0 Å². The standard InChI is InChI=1S/Cr.K.4H2O.Zn/h;;4*1H2;/q;+1;;;;;+2/p-2. The van der Waals surface area contributed by atoms with Gasteiger partial charge in [-0.1, -0.05) is 0 Å². The van der Waals surface area contributed by atoms with E-state index in [4.69, 9.17) is 0 Å². The molecule has 6 N–H and O–H groups in total. The molecule has 0 saturated heterocycles. The minimum atomic E-state index is 0. The maximum absolute atomic E-state index is 0. The Morgan fingerprint density at radius 3 is 0.714 bits per heavy atom. The molecule has 0 heterocycles. The number of hydrogen-bond acceptors (Lipinski definition) is 2. The van der Waals surface area contributed by atoms with Gasteiger partial charge in [-0.05, 0) is 0 Å². The van der Waals surface area contributed by atoms with Crippen molar-refractivity contribution >= 4 is 0 Å². The van der Waals surface area contributed by atoms with E-state index in [9.17, 15) is 0 Å². The first-order chi connectivity index (χ1) is 0. The average Bonchev–Trinajstić information content (AvgIpc) is 0. The molecule has 0 radical (unpaired) electrons. The van der Waals surface area contributed by atoms with Crippen molar-refractivity contribution in [2.45, 2.75) is 0 Å². The summed E-state index contributed by atoms with van der Waals surface area (Å²) in [4.78, 5) is 0. The zero-order chi connectivity index (χ0) is 0. The molecular weight excluding hydrogens is 220 g/mol. The smallest absolute Gasteiger partial charge is 0.870 e. The van der Waals surface area contributed by atoms with Crippen LogP contribution in [0.25, 0.3) is 0 Å². The maximum atomic E-state index is 0. The Kier molecular flexibility index (Phi) is 1070. The summed E-state index contributed by atoms with van der Waals surface area (Å²) in [5.74, 6) is 0. The molecular formula is H6CrKO4Zn+. The van der Waals surface area contributed by atoms with Crippen molar-refractivity contribution in [3.05, 3.63) is 0 Å². The molecule has 0 aromatic rings. The van der Waals surface area contributed by atoms with E-state index < -0.39 is 0 Å². The van der Waals surface area contributed by atoms with E-state index in [2.05, 4.69) is 0 Å². The summed E-state index contributed by atoms with van der Waals surface area (Å²) in [6.07, 6.45) is 0. The summed E-state index contributed by atoms with van der Waals surface area (Å²) in [6, 6.07) is 0. The summed E-state index contributed by atoms with van der Waals surface area (Å²) >= 11 is 0. The molecule has 0 aromatic heterocycles. The van der Waals surface area contributed by atoms with Gasteiger partial charge in [-0.3, -0.25) is 0 Å². The van der Waals surface area contributed by atoms with E-state index in [-0.39, 0.29) is 110 Å². The number of rotatable bonds is 0. The van der Waals surface area contributed by atoms with Gasteiger partial charge in [0.1, 0.15) is 0 Å². The quantitative estimate of drug-likeness (QED) is 0.384. The van der Waals surface area contributed by atoms with Gasteiger partial charge in [0.05, 0.1) is 0 Å². The van der Waals surface area contributed by atoms with Gasteiger partial charge in [-0.15, -0.1) is 0 Å². The predicted octanol–water partition coefficient (Wildman–Crippen LogP) is -5.00. The largest absolute Gasteiger partial charge is 2.00 e. The van der Waals surface area contributed by atoms with Gasteiger partial charge in [0.2, 0.25) is 0 Å². The molecule has 0 atom stereocenters. The van der Waals surface area contributed by atoms with Crippen LogP contribution in [-0.2, 0) is 36.8 Å². The number of hydrogen-bond donors (Lipinski definition) is 0. The van der Waals surface area contributed by atoms with E-state index in [1.54, 1.807) is 0 Å². The Bertz CT molecular complexity index is 11.7. The summed E-state index contributed by atoms with van der Waals surface area (Å²) in [6.45, 7) is 0. The Morgan fingerprint density at radius 2 is 0.714 bits per heavy atom. The zero-order valence-corrected chi connectivity index (χ0v) is 11.4. The molecule has 38 valence electrons. The fraction of sp³-hybridized carbons (Fsp3) is 0. The first-order valence-electron chi connectivity index (χ1n) is 0. The SMILES string of the molecule is O.O.[Cr].[K+].[OH-].[OH-].[Zn+2]. The Hall–Kier alpha value is 2.63. The molecule has 0 saturated carbocycles. The molecule has 0 rings (SSSR count). The van der Waals surface area contributed by atoms with Crippen LogP contribution in [-0.4, -0.2) is 21.9 Å². The average molecular weight is 227 g/mol. The molecule has 7 heteroatoms.